The normalized spacial score (nSPS) is 15.7. The molecule has 1 aromatic rings. The van der Waals surface area contributed by atoms with Crippen molar-refractivity contribution in [2.45, 2.75) is 25.8 Å². The summed E-state index contributed by atoms with van der Waals surface area (Å²) in [7, 11) is 0. The first kappa shape index (κ1) is 15.8. The van der Waals surface area contributed by atoms with Gasteiger partial charge in [-0.2, -0.15) is 0 Å². The number of rotatable bonds is 6. The smallest absolute Gasteiger partial charge is 0.409 e. The van der Waals surface area contributed by atoms with Gasteiger partial charge in [-0.3, -0.25) is 4.79 Å². The van der Waals surface area contributed by atoms with E-state index < -0.39 is 0 Å². The molecule has 1 atom stereocenters. The summed E-state index contributed by atoms with van der Waals surface area (Å²) in [6.45, 7) is 3.38. The molecule has 0 aliphatic carbocycles. The zero-order chi connectivity index (χ0) is 15.2. The first-order chi connectivity index (χ1) is 10.0. The van der Waals surface area contributed by atoms with Gasteiger partial charge in [0.2, 0.25) is 5.91 Å². The standard InChI is InChI=1S/C15H19BrN2O3/c1-11(10-12-2-4-13(16)5-3-12)17-14(19)6-7-18-8-9-21-15(18)20/h2-5,11H,6-10H2,1H3,(H,17,19)/t11-/m1/s1. The number of amides is 2. The van der Waals surface area contributed by atoms with Crippen LogP contribution < -0.4 is 5.32 Å². The lowest BCUT2D eigenvalue weighted by Gasteiger charge is -2.16. The van der Waals surface area contributed by atoms with Gasteiger partial charge in [0.25, 0.3) is 0 Å². The molecule has 2 amide bonds. The Morgan fingerprint density at radius 3 is 2.76 bits per heavy atom. The third kappa shape index (κ3) is 5.04. The maximum absolute atomic E-state index is 11.9. The molecular weight excluding hydrogens is 336 g/mol. The fourth-order valence-corrected chi connectivity index (χ4v) is 2.50. The molecule has 114 valence electrons. The quantitative estimate of drug-likeness (QED) is 0.852. The number of nitrogens with one attached hydrogen (secondary N) is 1. The van der Waals surface area contributed by atoms with Gasteiger partial charge in [-0.25, -0.2) is 4.79 Å². The number of nitrogens with zero attached hydrogens (tertiary/aromatic N) is 1. The second kappa shape index (κ2) is 7.45. The molecule has 21 heavy (non-hydrogen) atoms. The minimum atomic E-state index is -0.328. The summed E-state index contributed by atoms with van der Waals surface area (Å²) in [6.07, 6.45) is 0.760. The summed E-state index contributed by atoms with van der Waals surface area (Å²) in [5.74, 6) is -0.0423. The van der Waals surface area contributed by atoms with Gasteiger partial charge >= 0.3 is 6.09 Å². The Labute approximate surface area is 132 Å². The Morgan fingerprint density at radius 2 is 2.14 bits per heavy atom. The molecule has 1 saturated heterocycles. The van der Waals surface area contributed by atoms with Crippen molar-refractivity contribution in [3.05, 3.63) is 34.3 Å². The Balaban J connectivity index is 1.71. The lowest BCUT2D eigenvalue weighted by Crippen LogP contribution is -2.36. The van der Waals surface area contributed by atoms with Crippen LogP contribution in [0.3, 0.4) is 0 Å². The molecule has 0 spiro atoms. The molecule has 0 unspecified atom stereocenters. The van der Waals surface area contributed by atoms with Crippen LogP contribution in [0.2, 0.25) is 0 Å². The van der Waals surface area contributed by atoms with Crippen molar-refractivity contribution in [2.75, 3.05) is 19.7 Å². The number of ether oxygens (including phenoxy) is 1. The largest absolute Gasteiger partial charge is 0.448 e. The maximum Gasteiger partial charge on any atom is 0.409 e. The van der Waals surface area contributed by atoms with Gasteiger partial charge in [0, 0.05) is 23.5 Å². The molecule has 1 heterocycles. The van der Waals surface area contributed by atoms with E-state index in [1.54, 1.807) is 4.90 Å². The first-order valence-corrected chi connectivity index (χ1v) is 7.79. The van der Waals surface area contributed by atoms with Crippen LogP contribution in [0.25, 0.3) is 0 Å². The van der Waals surface area contributed by atoms with Crippen molar-refractivity contribution in [1.82, 2.24) is 10.2 Å². The van der Waals surface area contributed by atoms with Gasteiger partial charge in [0.15, 0.2) is 0 Å². The van der Waals surface area contributed by atoms with Crippen LogP contribution in [0.5, 0.6) is 0 Å². The van der Waals surface area contributed by atoms with Crippen LogP contribution >= 0.6 is 15.9 Å². The predicted octanol–water partition coefficient (Wildman–Crippen LogP) is 2.34. The van der Waals surface area contributed by atoms with E-state index in [-0.39, 0.29) is 18.0 Å². The fraction of sp³-hybridized carbons (Fsp3) is 0.467. The molecule has 1 fully saturated rings. The Bertz CT molecular complexity index is 504. The van der Waals surface area contributed by atoms with Crippen molar-refractivity contribution in [3.8, 4) is 0 Å². The average molecular weight is 355 g/mol. The lowest BCUT2D eigenvalue weighted by atomic mass is 10.1. The molecule has 0 aromatic heterocycles. The molecule has 1 aliphatic heterocycles. The van der Waals surface area contributed by atoms with Crippen molar-refractivity contribution < 1.29 is 14.3 Å². The van der Waals surface area contributed by atoms with Crippen molar-refractivity contribution in [1.29, 1.82) is 0 Å². The Morgan fingerprint density at radius 1 is 1.43 bits per heavy atom. The molecule has 1 aliphatic rings. The molecule has 2 rings (SSSR count). The second-order valence-corrected chi connectivity index (χ2v) is 6.07. The minimum absolute atomic E-state index is 0.0423. The maximum atomic E-state index is 11.9. The zero-order valence-corrected chi connectivity index (χ0v) is 13.6. The number of hydrogen-bond acceptors (Lipinski definition) is 3. The Hall–Kier alpha value is -1.56. The van der Waals surface area contributed by atoms with Crippen molar-refractivity contribution in [2.24, 2.45) is 0 Å². The predicted molar refractivity (Wildman–Crippen MR) is 83.0 cm³/mol. The van der Waals surface area contributed by atoms with E-state index in [1.807, 2.05) is 31.2 Å². The zero-order valence-electron chi connectivity index (χ0n) is 12.0. The van der Waals surface area contributed by atoms with Gasteiger partial charge in [0.05, 0.1) is 6.54 Å². The summed E-state index contributed by atoms with van der Waals surface area (Å²) in [6, 6.07) is 8.11. The molecule has 1 aromatic carbocycles. The highest BCUT2D eigenvalue weighted by Crippen LogP contribution is 2.12. The molecule has 5 nitrogen and oxygen atoms in total. The van der Waals surface area contributed by atoms with E-state index in [9.17, 15) is 9.59 Å². The number of carbonyl (C=O) groups excluding carboxylic acids is 2. The van der Waals surface area contributed by atoms with Gasteiger partial charge in [0.1, 0.15) is 6.61 Å². The number of halogens is 1. The second-order valence-electron chi connectivity index (χ2n) is 5.15. The van der Waals surface area contributed by atoms with Crippen LogP contribution in [0.15, 0.2) is 28.7 Å². The molecule has 0 saturated carbocycles. The first-order valence-electron chi connectivity index (χ1n) is 7.00. The van der Waals surface area contributed by atoms with Crippen LogP contribution in [-0.4, -0.2) is 42.6 Å². The minimum Gasteiger partial charge on any atom is -0.448 e. The molecule has 0 bridgehead atoms. The molecule has 0 radical (unpaired) electrons. The van der Waals surface area contributed by atoms with Gasteiger partial charge in [-0.05, 0) is 31.0 Å². The van der Waals surface area contributed by atoms with Crippen LogP contribution in [0, 0.1) is 0 Å². The van der Waals surface area contributed by atoms with Crippen LogP contribution in [0.4, 0.5) is 4.79 Å². The highest BCUT2D eigenvalue weighted by molar-refractivity contribution is 9.10. The summed E-state index contributed by atoms with van der Waals surface area (Å²) in [5.41, 5.74) is 1.18. The topological polar surface area (TPSA) is 58.6 Å². The van der Waals surface area contributed by atoms with Gasteiger partial charge in [-0.1, -0.05) is 28.1 Å². The highest BCUT2D eigenvalue weighted by Gasteiger charge is 2.22. The number of carbonyl (C=O) groups is 2. The fourth-order valence-electron chi connectivity index (χ4n) is 2.24. The average Bonchev–Trinajstić information content (AvgIpc) is 2.84. The highest BCUT2D eigenvalue weighted by atomic mass is 79.9. The van der Waals surface area contributed by atoms with E-state index >= 15 is 0 Å². The number of benzene rings is 1. The Kier molecular flexibility index (Phi) is 5.61. The lowest BCUT2D eigenvalue weighted by molar-refractivity contribution is -0.121. The van der Waals surface area contributed by atoms with E-state index in [0.717, 1.165) is 10.9 Å². The van der Waals surface area contributed by atoms with Gasteiger partial charge < -0.3 is 15.0 Å². The number of cyclic esters (lactones) is 1. The summed E-state index contributed by atoms with van der Waals surface area (Å²) in [5, 5.41) is 2.95. The van der Waals surface area contributed by atoms with Crippen molar-refractivity contribution in [3.63, 3.8) is 0 Å². The van der Waals surface area contributed by atoms with E-state index in [2.05, 4.69) is 21.2 Å². The van der Waals surface area contributed by atoms with E-state index in [1.165, 1.54) is 5.56 Å². The van der Waals surface area contributed by atoms with Crippen molar-refractivity contribution >= 4 is 27.9 Å². The van der Waals surface area contributed by atoms with Gasteiger partial charge in [-0.15, -0.1) is 0 Å². The number of hydrogen-bond donors (Lipinski definition) is 1. The molecule has 1 N–H and O–H groups in total. The SMILES string of the molecule is C[C@H](Cc1ccc(Br)cc1)NC(=O)CCN1CCOC1=O. The summed E-state index contributed by atoms with van der Waals surface area (Å²) < 4.78 is 5.86. The van der Waals surface area contributed by atoms with Crippen LogP contribution in [-0.2, 0) is 16.0 Å². The third-order valence-electron chi connectivity index (χ3n) is 3.32. The van der Waals surface area contributed by atoms with E-state index in [4.69, 9.17) is 4.74 Å². The monoisotopic (exact) mass is 354 g/mol. The molecule has 6 heteroatoms. The summed E-state index contributed by atoms with van der Waals surface area (Å²) >= 11 is 3.40. The third-order valence-corrected chi connectivity index (χ3v) is 3.84. The molecular formula is C15H19BrN2O3. The summed E-state index contributed by atoms with van der Waals surface area (Å²) in [4.78, 5) is 24.7. The van der Waals surface area contributed by atoms with Crippen LogP contribution in [0.1, 0.15) is 18.9 Å². The van der Waals surface area contributed by atoms with E-state index in [0.29, 0.717) is 26.1 Å².